The van der Waals surface area contributed by atoms with Gasteiger partial charge >= 0.3 is 5.97 Å². The number of hydrogen-bond donors (Lipinski definition) is 3. The fraction of sp³-hybridized carbons (Fsp3) is 0.900. The average molecular weight is 219 g/mol. The molecule has 0 aromatic rings. The maximum Gasteiger partial charge on any atom is 0.338 e. The number of nitrogens with one attached hydrogen (secondary N) is 1. The van der Waals surface area contributed by atoms with Crippen LogP contribution in [0.1, 0.15) is 20.8 Å². The number of carbonyl (C=O) groups is 1. The zero-order valence-corrected chi connectivity index (χ0v) is 9.78. The maximum absolute atomic E-state index is 11.1. The summed E-state index contributed by atoms with van der Waals surface area (Å²) in [7, 11) is 1.23. The summed E-state index contributed by atoms with van der Waals surface area (Å²) >= 11 is 0. The van der Waals surface area contributed by atoms with E-state index in [0.29, 0.717) is 0 Å². The highest BCUT2D eigenvalue weighted by Gasteiger charge is 2.31. The van der Waals surface area contributed by atoms with E-state index in [1.807, 2.05) is 13.8 Å². The number of ether oxygens (including phenoxy) is 1. The van der Waals surface area contributed by atoms with Gasteiger partial charge in [0.25, 0.3) is 0 Å². The van der Waals surface area contributed by atoms with Crippen molar-refractivity contribution in [2.24, 2.45) is 5.92 Å². The Labute approximate surface area is 90.4 Å². The number of rotatable bonds is 6. The number of esters is 1. The standard InChI is InChI=1S/C10H21NO4/c1-7(5-12)8(2)11-6-10(3,14)9(13)15-4/h7-8,11-12,14H,5-6H2,1-4H3. The third-order valence-electron chi connectivity index (χ3n) is 2.53. The van der Waals surface area contributed by atoms with E-state index in [2.05, 4.69) is 10.1 Å². The predicted molar refractivity (Wildman–Crippen MR) is 56.4 cm³/mol. The summed E-state index contributed by atoms with van der Waals surface area (Å²) < 4.78 is 4.46. The minimum Gasteiger partial charge on any atom is -0.467 e. The van der Waals surface area contributed by atoms with Crippen LogP contribution in [-0.4, -0.2) is 48.1 Å². The van der Waals surface area contributed by atoms with Gasteiger partial charge in [-0.2, -0.15) is 0 Å². The Kier molecular flexibility index (Phi) is 5.79. The van der Waals surface area contributed by atoms with Crippen LogP contribution in [0.3, 0.4) is 0 Å². The Hall–Kier alpha value is -0.650. The van der Waals surface area contributed by atoms with Gasteiger partial charge in [0.05, 0.1) is 7.11 Å². The summed E-state index contributed by atoms with van der Waals surface area (Å²) in [4.78, 5) is 11.1. The molecule has 0 radical (unpaired) electrons. The molecule has 0 saturated heterocycles. The first-order chi connectivity index (χ1) is 6.85. The lowest BCUT2D eigenvalue weighted by Crippen LogP contribution is -2.49. The Morgan fingerprint density at radius 3 is 2.47 bits per heavy atom. The summed E-state index contributed by atoms with van der Waals surface area (Å²) in [6.45, 7) is 5.32. The summed E-state index contributed by atoms with van der Waals surface area (Å²) in [5, 5.41) is 21.6. The molecule has 3 N–H and O–H groups in total. The molecule has 0 aliphatic carbocycles. The molecule has 0 heterocycles. The van der Waals surface area contributed by atoms with Gasteiger partial charge in [-0.25, -0.2) is 4.79 Å². The molecule has 0 bridgehead atoms. The highest BCUT2D eigenvalue weighted by Crippen LogP contribution is 2.06. The molecule has 0 aliphatic heterocycles. The van der Waals surface area contributed by atoms with Crippen LogP contribution in [0.2, 0.25) is 0 Å². The van der Waals surface area contributed by atoms with Gasteiger partial charge in [-0.05, 0) is 19.8 Å². The number of aliphatic hydroxyl groups is 2. The lowest BCUT2D eigenvalue weighted by atomic mass is 10.0. The Balaban J connectivity index is 4.08. The third kappa shape index (κ3) is 4.59. The molecule has 5 nitrogen and oxygen atoms in total. The van der Waals surface area contributed by atoms with Crippen LogP contribution in [0.25, 0.3) is 0 Å². The molecule has 3 unspecified atom stereocenters. The zero-order valence-electron chi connectivity index (χ0n) is 9.78. The average Bonchev–Trinajstić information content (AvgIpc) is 2.23. The Morgan fingerprint density at radius 1 is 1.53 bits per heavy atom. The molecular formula is C10H21NO4. The van der Waals surface area contributed by atoms with Crippen LogP contribution in [0.5, 0.6) is 0 Å². The van der Waals surface area contributed by atoms with Crippen LogP contribution >= 0.6 is 0 Å². The van der Waals surface area contributed by atoms with E-state index in [1.54, 1.807) is 0 Å². The van der Waals surface area contributed by atoms with E-state index < -0.39 is 11.6 Å². The molecule has 0 aromatic heterocycles. The lowest BCUT2D eigenvalue weighted by Gasteiger charge is -2.25. The molecule has 0 fully saturated rings. The molecule has 0 saturated carbocycles. The highest BCUT2D eigenvalue weighted by molar-refractivity contribution is 5.78. The van der Waals surface area contributed by atoms with Gasteiger partial charge in [0.2, 0.25) is 0 Å². The first-order valence-corrected chi connectivity index (χ1v) is 5.00. The number of carbonyl (C=O) groups excluding carboxylic acids is 1. The van der Waals surface area contributed by atoms with Crippen LogP contribution in [0.4, 0.5) is 0 Å². The molecule has 3 atom stereocenters. The van der Waals surface area contributed by atoms with Gasteiger partial charge in [-0.3, -0.25) is 0 Å². The molecule has 0 rings (SSSR count). The van der Waals surface area contributed by atoms with Crippen LogP contribution in [-0.2, 0) is 9.53 Å². The van der Waals surface area contributed by atoms with Crippen LogP contribution < -0.4 is 5.32 Å². The normalized spacial score (nSPS) is 19.1. The number of hydrogen-bond acceptors (Lipinski definition) is 5. The van der Waals surface area contributed by atoms with E-state index in [1.165, 1.54) is 14.0 Å². The van der Waals surface area contributed by atoms with E-state index >= 15 is 0 Å². The summed E-state index contributed by atoms with van der Waals surface area (Å²) in [6, 6.07) is 0.0196. The molecule has 90 valence electrons. The van der Waals surface area contributed by atoms with Crippen molar-refractivity contribution in [3.8, 4) is 0 Å². The molecule has 0 amide bonds. The fourth-order valence-electron chi connectivity index (χ4n) is 1.01. The Bertz CT molecular complexity index is 206. The predicted octanol–water partition coefficient (Wildman–Crippen LogP) is -0.483. The van der Waals surface area contributed by atoms with Crippen molar-refractivity contribution in [2.45, 2.75) is 32.4 Å². The quantitative estimate of drug-likeness (QED) is 0.526. The van der Waals surface area contributed by atoms with E-state index in [0.717, 1.165) is 0 Å². The largest absolute Gasteiger partial charge is 0.467 e. The molecular weight excluding hydrogens is 198 g/mol. The lowest BCUT2D eigenvalue weighted by molar-refractivity contribution is -0.160. The van der Waals surface area contributed by atoms with E-state index in [-0.39, 0.29) is 25.1 Å². The van der Waals surface area contributed by atoms with Crippen molar-refractivity contribution in [1.29, 1.82) is 0 Å². The fourth-order valence-corrected chi connectivity index (χ4v) is 1.01. The second-order valence-electron chi connectivity index (χ2n) is 4.09. The molecule has 0 aromatic carbocycles. The molecule has 0 spiro atoms. The van der Waals surface area contributed by atoms with Gasteiger partial charge in [-0.1, -0.05) is 6.92 Å². The highest BCUT2D eigenvalue weighted by atomic mass is 16.5. The molecule has 0 aliphatic rings. The van der Waals surface area contributed by atoms with Crippen molar-refractivity contribution >= 4 is 5.97 Å². The smallest absolute Gasteiger partial charge is 0.338 e. The number of aliphatic hydroxyl groups excluding tert-OH is 1. The summed E-state index contributed by atoms with van der Waals surface area (Å²) in [5.41, 5.74) is -1.53. The van der Waals surface area contributed by atoms with Gasteiger partial charge in [0.15, 0.2) is 5.60 Å². The zero-order chi connectivity index (χ0) is 12.1. The second kappa shape index (κ2) is 6.05. The Morgan fingerprint density at radius 2 is 2.07 bits per heavy atom. The van der Waals surface area contributed by atoms with Crippen molar-refractivity contribution in [2.75, 3.05) is 20.3 Å². The van der Waals surface area contributed by atoms with Gasteiger partial charge < -0.3 is 20.3 Å². The van der Waals surface area contributed by atoms with Crippen LogP contribution in [0.15, 0.2) is 0 Å². The second-order valence-corrected chi connectivity index (χ2v) is 4.09. The molecule has 5 heteroatoms. The van der Waals surface area contributed by atoms with Crippen molar-refractivity contribution in [3.05, 3.63) is 0 Å². The summed E-state index contributed by atoms with van der Waals surface area (Å²) in [6.07, 6.45) is 0. The van der Waals surface area contributed by atoms with E-state index in [9.17, 15) is 9.90 Å². The van der Waals surface area contributed by atoms with Gasteiger partial charge in [0.1, 0.15) is 0 Å². The van der Waals surface area contributed by atoms with Crippen molar-refractivity contribution < 1.29 is 19.7 Å². The van der Waals surface area contributed by atoms with Gasteiger partial charge in [0, 0.05) is 19.2 Å². The maximum atomic E-state index is 11.1. The SMILES string of the molecule is COC(=O)C(C)(O)CNC(C)C(C)CO. The molecule has 15 heavy (non-hydrogen) atoms. The summed E-state index contributed by atoms with van der Waals surface area (Å²) in [5.74, 6) is -0.600. The van der Waals surface area contributed by atoms with Gasteiger partial charge in [-0.15, -0.1) is 0 Å². The van der Waals surface area contributed by atoms with Crippen molar-refractivity contribution in [1.82, 2.24) is 5.32 Å². The van der Waals surface area contributed by atoms with Crippen molar-refractivity contribution in [3.63, 3.8) is 0 Å². The minimum atomic E-state index is -1.53. The first-order valence-electron chi connectivity index (χ1n) is 5.00. The monoisotopic (exact) mass is 219 g/mol. The minimum absolute atomic E-state index is 0.0196. The third-order valence-corrected chi connectivity index (χ3v) is 2.53. The number of methoxy groups -OCH3 is 1. The van der Waals surface area contributed by atoms with Crippen LogP contribution in [0, 0.1) is 5.92 Å². The first kappa shape index (κ1) is 14.3. The van der Waals surface area contributed by atoms with E-state index in [4.69, 9.17) is 5.11 Å². The topological polar surface area (TPSA) is 78.8 Å².